The number of carbonyl (C=O) groups is 1. The van der Waals surface area contributed by atoms with Gasteiger partial charge in [-0.1, -0.05) is 41.3 Å². The SMILES string of the molecule is COc1ccc(C2c3sc(=O)[nH]c3SC(c3ccc(OC)c(OC)c3)C2C(=O)O)cc1. The number of thiazole rings is 1. The number of aliphatic carboxylic acids is 1. The quantitative estimate of drug-likeness (QED) is 0.572. The summed E-state index contributed by atoms with van der Waals surface area (Å²) in [4.78, 5) is 28.2. The number of methoxy groups -OCH3 is 3. The second-order valence-electron chi connectivity index (χ2n) is 6.98. The number of rotatable bonds is 6. The van der Waals surface area contributed by atoms with Crippen molar-refractivity contribution in [2.24, 2.45) is 5.92 Å². The van der Waals surface area contributed by atoms with Gasteiger partial charge < -0.3 is 24.3 Å². The van der Waals surface area contributed by atoms with E-state index in [2.05, 4.69) is 4.98 Å². The van der Waals surface area contributed by atoms with Crippen molar-refractivity contribution in [3.63, 3.8) is 0 Å². The minimum Gasteiger partial charge on any atom is -0.497 e. The van der Waals surface area contributed by atoms with E-state index in [1.165, 1.54) is 11.8 Å². The Morgan fingerprint density at radius 2 is 1.65 bits per heavy atom. The number of carboxylic acids is 1. The first kappa shape index (κ1) is 21.3. The minimum atomic E-state index is -0.931. The van der Waals surface area contributed by atoms with Crippen molar-refractivity contribution >= 4 is 29.1 Å². The lowest BCUT2D eigenvalue weighted by atomic mass is 9.80. The molecular weight excluding hydrogens is 438 g/mol. The van der Waals surface area contributed by atoms with Crippen molar-refractivity contribution in [1.29, 1.82) is 0 Å². The average molecular weight is 460 g/mol. The summed E-state index contributed by atoms with van der Waals surface area (Å²) in [6, 6.07) is 12.7. The standard InChI is InChI=1S/C22H21NO6S2/c1-27-13-7-4-11(5-8-13)16-17(21(24)25)18(30-20-19(16)31-22(26)23-20)12-6-9-14(28-2)15(10-12)29-3/h4-10,16-18H,1-3H3,(H,23,26)(H,24,25). The van der Waals surface area contributed by atoms with Crippen LogP contribution in [0.1, 0.15) is 27.2 Å². The Bertz CT molecular complexity index is 1150. The molecule has 3 unspecified atom stereocenters. The highest BCUT2D eigenvalue weighted by Crippen LogP contribution is 2.56. The third-order valence-electron chi connectivity index (χ3n) is 5.35. The van der Waals surface area contributed by atoms with E-state index in [9.17, 15) is 14.7 Å². The van der Waals surface area contributed by atoms with Crippen molar-refractivity contribution in [2.45, 2.75) is 16.2 Å². The molecule has 0 saturated heterocycles. The van der Waals surface area contributed by atoms with Crippen LogP contribution in [0.5, 0.6) is 17.2 Å². The minimum absolute atomic E-state index is 0.201. The smallest absolute Gasteiger partial charge is 0.308 e. The zero-order valence-electron chi connectivity index (χ0n) is 17.1. The van der Waals surface area contributed by atoms with Gasteiger partial charge >= 0.3 is 10.8 Å². The molecule has 0 fully saturated rings. The van der Waals surface area contributed by atoms with Gasteiger partial charge in [-0.25, -0.2) is 0 Å². The Morgan fingerprint density at radius 3 is 2.26 bits per heavy atom. The van der Waals surface area contributed by atoms with Crippen molar-refractivity contribution in [1.82, 2.24) is 4.98 Å². The van der Waals surface area contributed by atoms with Gasteiger partial charge in [0.05, 0.1) is 37.5 Å². The molecule has 0 amide bonds. The molecular formula is C22H21NO6S2. The summed E-state index contributed by atoms with van der Waals surface area (Å²) in [7, 11) is 4.67. The van der Waals surface area contributed by atoms with Gasteiger partial charge in [0.15, 0.2) is 11.5 Å². The van der Waals surface area contributed by atoms with Crippen LogP contribution in [-0.4, -0.2) is 37.4 Å². The summed E-state index contributed by atoms with van der Waals surface area (Å²) >= 11 is 2.42. The molecule has 3 atom stereocenters. The Morgan fingerprint density at radius 1 is 0.968 bits per heavy atom. The van der Waals surface area contributed by atoms with E-state index in [1.54, 1.807) is 45.6 Å². The van der Waals surface area contributed by atoms with Crippen LogP contribution in [0.4, 0.5) is 0 Å². The fourth-order valence-electron chi connectivity index (χ4n) is 3.90. The molecule has 0 radical (unpaired) electrons. The van der Waals surface area contributed by atoms with E-state index < -0.39 is 23.1 Å². The highest BCUT2D eigenvalue weighted by molar-refractivity contribution is 7.99. The third kappa shape index (κ3) is 3.90. The molecule has 2 N–H and O–H groups in total. The lowest BCUT2D eigenvalue weighted by Crippen LogP contribution is -2.30. The van der Waals surface area contributed by atoms with Gasteiger partial charge in [0.2, 0.25) is 0 Å². The van der Waals surface area contributed by atoms with Crippen LogP contribution in [0.3, 0.4) is 0 Å². The molecule has 1 aliphatic rings. The molecule has 0 bridgehead atoms. The van der Waals surface area contributed by atoms with Crippen molar-refractivity contribution < 1.29 is 24.1 Å². The highest BCUT2D eigenvalue weighted by atomic mass is 32.2. The molecule has 31 heavy (non-hydrogen) atoms. The molecule has 0 spiro atoms. The number of hydrogen-bond acceptors (Lipinski definition) is 7. The average Bonchev–Trinajstić information content (AvgIpc) is 3.17. The number of nitrogens with one attached hydrogen (secondary N) is 1. The molecule has 1 aliphatic heterocycles. The normalized spacial score (nSPS) is 20.0. The van der Waals surface area contributed by atoms with Crippen molar-refractivity contribution in [2.75, 3.05) is 21.3 Å². The number of aromatic nitrogens is 1. The number of H-pyrrole nitrogens is 1. The van der Waals surface area contributed by atoms with Gasteiger partial charge in [-0.2, -0.15) is 0 Å². The van der Waals surface area contributed by atoms with Gasteiger partial charge in [-0.05, 0) is 35.4 Å². The Labute approximate surface area is 187 Å². The molecule has 162 valence electrons. The van der Waals surface area contributed by atoms with Crippen LogP contribution >= 0.6 is 23.1 Å². The topological polar surface area (TPSA) is 97.9 Å². The fraction of sp³-hybridized carbons (Fsp3) is 0.273. The van der Waals surface area contributed by atoms with Gasteiger partial charge in [-0.15, -0.1) is 0 Å². The first-order valence-electron chi connectivity index (χ1n) is 9.45. The third-order valence-corrected chi connectivity index (χ3v) is 7.82. The largest absolute Gasteiger partial charge is 0.497 e. The summed E-state index contributed by atoms with van der Waals surface area (Å²) in [5.41, 5.74) is 1.60. The zero-order chi connectivity index (χ0) is 22.1. The Balaban J connectivity index is 1.87. The first-order chi connectivity index (χ1) is 15.0. The number of hydrogen-bond donors (Lipinski definition) is 2. The molecule has 4 rings (SSSR count). The molecule has 3 aromatic rings. The number of ether oxygens (including phenoxy) is 3. The fourth-order valence-corrected chi connectivity index (χ4v) is 6.50. The second-order valence-corrected chi connectivity index (χ2v) is 9.14. The maximum Gasteiger partial charge on any atom is 0.308 e. The first-order valence-corrected chi connectivity index (χ1v) is 11.1. The predicted octanol–water partition coefficient (Wildman–Crippen LogP) is 4.14. The molecule has 9 heteroatoms. The summed E-state index contributed by atoms with van der Waals surface area (Å²) in [5, 5.41) is 10.5. The van der Waals surface area contributed by atoms with Gasteiger partial charge in [0.1, 0.15) is 5.75 Å². The number of aromatic amines is 1. The monoisotopic (exact) mass is 459 g/mol. The van der Waals surface area contributed by atoms with Crippen LogP contribution in [0, 0.1) is 5.92 Å². The van der Waals surface area contributed by atoms with E-state index in [0.29, 0.717) is 22.3 Å². The van der Waals surface area contributed by atoms with E-state index >= 15 is 0 Å². The summed E-state index contributed by atoms with van der Waals surface area (Å²) in [6.45, 7) is 0. The van der Waals surface area contributed by atoms with Crippen molar-refractivity contribution in [3.8, 4) is 17.2 Å². The van der Waals surface area contributed by atoms with Crippen LogP contribution in [0.15, 0.2) is 52.3 Å². The zero-order valence-corrected chi connectivity index (χ0v) is 18.7. The molecule has 1 aromatic heterocycles. The highest BCUT2D eigenvalue weighted by Gasteiger charge is 2.45. The molecule has 0 aliphatic carbocycles. The van der Waals surface area contributed by atoms with E-state index in [1.807, 2.05) is 18.2 Å². The molecule has 2 heterocycles. The number of carboxylic acid groups (broad SMARTS) is 1. The lowest BCUT2D eigenvalue weighted by Gasteiger charge is -2.35. The van der Waals surface area contributed by atoms with Crippen LogP contribution in [0.2, 0.25) is 0 Å². The van der Waals surface area contributed by atoms with E-state index in [0.717, 1.165) is 27.3 Å². The number of thioether (sulfide) groups is 1. The molecule has 2 aromatic carbocycles. The maximum atomic E-state index is 12.6. The van der Waals surface area contributed by atoms with Crippen LogP contribution in [0.25, 0.3) is 0 Å². The summed E-state index contributed by atoms with van der Waals surface area (Å²) in [5.74, 6) is -0.443. The second kappa shape index (κ2) is 8.68. The summed E-state index contributed by atoms with van der Waals surface area (Å²) in [6.07, 6.45) is 0. The van der Waals surface area contributed by atoms with Gasteiger partial charge in [0, 0.05) is 10.8 Å². The number of benzene rings is 2. The van der Waals surface area contributed by atoms with Crippen molar-refractivity contribution in [3.05, 3.63) is 68.1 Å². The van der Waals surface area contributed by atoms with Gasteiger partial charge in [0.25, 0.3) is 0 Å². The Hall–Kier alpha value is -2.91. The molecule has 0 saturated carbocycles. The maximum absolute atomic E-state index is 12.6. The lowest BCUT2D eigenvalue weighted by molar-refractivity contribution is -0.142. The number of fused-ring (bicyclic) bond motifs is 1. The Kier molecular flexibility index (Phi) is 5.97. The summed E-state index contributed by atoms with van der Waals surface area (Å²) < 4.78 is 16.0. The molecule has 7 nitrogen and oxygen atoms in total. The van der Waals surface area contributed by atoms with E-state index in [4.69, 9.17) is 14.2 Å². The van der Waals surface area contributed by atoms with Crippen LogP contribution in [-0.2, 0) is 4.79 Å². The van der Waals surface area contributed by atoms with Gasteiger partial charge in [-0.3, -0.25) is 9.59 Å². The predicted molar refractivity (Wildman–Crippen MR) is 119 cm³/mol. The van der Waals surface area contributed by atoms with Crippen LogP contribution < -0.4 is 19.1 Å². The van der Waals surface area contributed by atoms with E-state index in [-0.39, 0.29) is 4.87 Å².